The zero-order valence-corrected chi connectivity index (χ0v) is 10.2. The summed E-state index contributed by atoms with van der Waals surface area (Å²) in [6.07, 6.45) is -0.497. The lowest BCUT2D eigenvalue weighted by molar-refractivity contribution is -0.125. The van der Waals surface area contributed by atoms with Gasteiger partial charge in [-0.2, -0.15) is 0 Å². The fraction of sp³-hybridized carbons (Fsp3) is 0.400. The van der Waals surface area contributed by atoms with E-state index in [4.69, 9.17) is 5.73 Å². The quantitative estimate of drug-likeness (QED) is 0.844. The van der Waals surface area contributed by atoms with Crippen LogP contribution in [-0.2, 0) is 5.54 Å². The van der Waals surface area contributed by atoms with Gasteiger partial charge in [-0.1, -0.05) is 28.1 Å². The first-order valence-corrected chi connectivity index (χ1v) is 5.13. The number of rotatable bonds is 1. The van der Waals surface area contributed by atoms with E-state index in [1.54, 1.807) is 12.1 Å². The maximum Gasteiger partial charge on any atom is 0.252 e. The third kappa shape index (κ3) is 2.49. The molecule has 0 saturated heterocycles. The molecular formula is C10H11BrClF2N. The molecule has 84 valence electrons. The van der Waals surface area contributed by atoms with Crippen LogP contribution in [0.15, 0.2) is 28.7 Å². The average molecular weight is 299 g/mol. The van der Waals surface area contributed by atoms with Gasteiger partial charge in [0.15, 0.2) is 0 Å². The Morgan fingerprint density at radius 3 is 2.00 bits per heavy atom. The molecule has 0 radical (unpaired) electrons. The highest BCUT2D eigenvalue weighted by atomic mass is 79.9. The van der Waals surface area contributed by atoms with E-state index in [0.29, 0.717) is 0 Å². The van der Waals surface area contributed by atoms with E-state index in [9.17, 15) is 8.78 Å². The number of halogens is 4. The van der Waals surface area contributed by atoms with Crippen molar-refractivity contribution in [1.29, 1.82) is 0 Å². The summed E-state index contributed by atoms with van der Waals surface area (Å²) in [6, 6.07) is 7.22. The summed E-state index contributed by atoms with van der Waals surface area (Å²) in [7, 11) is 0. The maximum atomic E-state index is 12.7. The predicted octanol–water partition coefficient (Wildman–Crippen LogP) is 3.45. The first-order valence-electron chi connectivity index (χ1n) is 4.34. The summed E-state index contributed by atoms with van der Waals surface area (Å²) in [5.41, 5.74) is 5.81. The molecule has 1 aliphatic carbocycles. The summed E-state index contributed by atoms with van der Waals surface area (Å²) in [5, 5.41) is 0. The third-order valence-corrected chi connectivity index (χ3v) is 3.10. The minimum absolute atomic E-state index is 0. The van der Waals surface area contributed by atoms with Crippen molar-refractivity contribution in [3.63, 3.8) is 0 Å². The van der Waals surface area contributed by atoms with Crippen LogP contribution in [0.2, 0.25) is 0 Å². The molecular weight excluding hydrogens is 287 g/mol. The van der Waals surface area contributed by atoms with Crippen LogP contribution in [0.1, 0.15) is 18.4 Å². The Morgan fingerprint density at radius 2 is 1.60 bits per heavy atom. The van der Waals surface area contributed by atoms with Gasteiger partial charge in [0.1, 0.15) is 0 Å². The molecule has 1 aromatic carbocycles. The predicted molar refractivity (Wildman–Crippen MR) is 61.4 cm³/mol. The highest BCUT2D eigenvalue weighted by Gasteiger charge is 2.55. The molecule has 1 aliphatic rings. The smallest absolute Gasteiger partial charge is 0.252 e. The van der Waals surface area contributed by atoms with E-state index < -0.39 is 11.5 Å². The van der Waals surface area contributed by atoms with E-state index in [1.165, 1.54) is 0 Å². The Balaban J connectivity index is 0.00000112. The Hall–Kier alpha value is -0.190. The van der Waals surface area contributed by atoms with E-state index in [1.807, 2.05) is 12.1 Å². The second-order valence-corrected chi connectivity index (χ2v) is 4.79. The average Bonchev–Trinajstić information content (AvgIpc) is 2.01. The van der Waals surface area contributed by atoms with Crippen LogP contribution in [0.25, 0.3) is 0 Å². The van der Waals surface area contributed by atoms with E-state index in [-0.39, 0.29) is 25.2 Å². The molecule has 15 heavy (non-hydrogen) atoms. The van der Waals surface area contributed by atoms with Gasteiger partial charge in [-0.25, -0.2) is 8.78 Å². The van der Waals surface area contributed by atoms with Crippen LogP contribution in [0, 0.1) is 0 Å². The zero-order chi connectivity index (χ0) is 10.4. The Labute approximate surface area is 102 Å². The van der Waals surface area contributed by atoms with Crippen molar-refractivity contribution in [3.8, 4) is 0 Å². The van der Waals surface area contributed by atoms with Crippen molar-refractivity contribution >= 4 is 28.3 Å². The molecule has 1 aromatic rings. The highest BCUT2D eigenvalue weighted by Crippen LogP contribution is 2.49. The molecule has 2 N–H and O–H groups in total. The Bertz CT molecular complexity index is 345. The molecule has 0 spiro atoms. The zero-order valence-electron chi connectivity index (χ0n) is 7.84. The third-order valence-electron chi connectivity index (χ3n) is 2.57. The molecule has 0 atom stereocenters. The van der Waals surface area contributed by atoms with Crippen molar-refractivity contribution in [2.75, 3.05) is 0 Å². The van der Waals surface area contributed by atoms with E-state index in [2.05, 4.69) is 15.9 Å². The summed E-state index contributed by atoms with van der Waals surface area (Å²) < 4.78 is 26.3. The second kappa shape index (κ2) is 4.00. The van der Waals surface area contributed by atoms with Crippen LogP contribution in [0.4, 0.5) is 8.78 Å². The molecule has 0 unspecified atom stereocenters. The van der Waals surface area contributed by atoms with Crippen LogP contribution < -0.4 is 5.73 Å². The standard InChI is InChI=1S/C10H10BrF2N.ClH/c11-8-3-1-7(2-4-8)9(14)5-10(12,13)6-9;/h1-4H,5-6,14H2;1H. The monoisotopic (exact) mass is 297 g/mol. The lowest BCUT2D eigenvalue weighted by Crippen LogP contribution is -2.55. The molecule has 1 fully saturated rings. The van der Waals surface area contributed by atoms with Crippen molar-refractivity contribution in [2.24, 2.45) is 5.73 Å². The maximum absolute atomic E-state index is 12.7. The summed E-state index contributed by atoms with van der Waals surface area (Å²) in [4.78, 5) is 0. The molecule has 1 saturated carbocycles. The number of nitrogens with two attached hydrogens (primary N) is 1. The first kappa shape index (κ1) is 12.9. The van der Waals surface area contributed by atoms with Gasteiger partial charge >= 0.3 is 0 Å². The van der Waals surface area contributed by atoms with Crippen LogP contribution in [0.5, 0.6) is 0 Å². The van der Waals surface area contributed by atoms with E-state index >= 15 is 0 Å². The van der Waals surface area contributed by atoms with Crippen molar-refractivity contribution in [2.45, 2.75) is 24.3 Å². The minimum Gasteiger partial charge on any atom is -0.321 e. The van der Waals surface area contributed by atoms with Gasteiger partial charge < -0.3 is 5.73 Å². The fourth-order valence-corrected chi connectivity index (χ4v) is 2.12. The minimum atomic E-state index is -2.58. The largest absolute Gasteiger partial charge is 0.321 e. The van der Waals surface area contributed by atoms with E-state index in [0.717, 1.165) is 10.0 Å². The number of hydrogen-bond donors (Lipinski definition) is 1. The molecule has 0 amide bonds. The second-order valence-electron chi connectivity index (χ2n) is 3.87. The van der Waals surface area contributed by atoms with Gasteiger partial charge in [0.2, 0.25) is 0 Å². The normalized spacial score (nSPS) is 21.3. The van der Waals surface area contributed by atoms with Gasteiger partial charge in [0.05, 0.1) is 5.54 Å². The number of hydrogen-bond acceptors (Lipinski definition) is 1. The summed E-state index contributed by atoms with van der Waals surface area (Å²) in [5.74, 6) is -2.58. The molecule has 1 nitrogen and oxygen atoms in total. The topological polar surface area (TPSA) is 26.0 Å². The fourth-order valence-electron chi connectivity index (χ4n) is 1.86. The highest BCUT2D eigenvalue weighted by molar-refractivity contribution is 9.10. The Kier molecular flexibility index (Phi) is 3.43. The van der Waals surface area contributed by atoms with Gasteiger partial charge in [-0.3, -0.25) is 0 Å². The van der Waals surface area contributed by atoms with Crippen molar-refractivity contribution in [3.05, 3.63) is 34.3 Å². The molecule has 2 rings (SSSR count). The van der Waals surface area contributed by atoms with Crippen molar-refractivity contribution < 1.29 is 8.78 Å². The summed E-state index contributed by atoms with van der Waals surface area (Å²) >= 11 is 3.29. The van der Waals surface area contributed by atoms with Gasteiger partial charge in [-0.05, 0) is 17.7 Å². The lowest BCUT2D eigenvalue weighted by Gasteiger charge is -2.44. The van der Waals surface area contributed by atoms with Crippen molar-refractivity contribution in [1.82, 2.24) is 0 Å². The number of benzene rings is 1. The van der Waals surface area contributed by atoms with Crippen LogP contribution in [0.3, 0.4) is 0 Å². The molecule has 0 aromatic heterocycles. The van der Waals surface area contributed by atoms with Crippen LogP contribution in [-0.4, -0.2) is 5.92 Å². The van der Waals surface area contributed by atoms with Gasteiger partial charge in [-0.15, -0.1) is 12.4 Å². The Morgan fingerprint density at radius 1 is 1.13 bits per heavy atom. The van der Waals surface area contributed by atoms with Gasteiger partial charge in [0.25, 0.3) is 5.92 Å². The molecule has 5 heteroatoms. The molecule has 0 aliphatic heterocycles. The first-order chi connectivity index (χ1) is 6.41. The SMILES string of the molecule is Cl.NC1(c2ccc(Br)cc2)CC(F)(F)C1. The summed E-state index contributed by atoms with van der Waals surface area (Å²) in [6.45, 7) is 0. The molecule has 0 bridgehead atoms. The number of alkyl halides is 2. The lowest BCUT2D eigenvalue weighted by atomic mass is 9.70. The molecule has 0 heterocycles. The van der Waals surface area contributed by atoms with Crippen LogP contribution >= 0.6 is 28.3 Å². The van der Waals surface area contributed by atoms with Gasteiger partial charge in [0, 0.05) is 17.3 Å².